The van der Waals surface area contributed by atoms with Crippen LogP contribution in [0.5, 0.6) is 11.5 Å². The van der Waals surface area contributed by atoms with Crippen LogP contribution in [-0.4, -0.2) is 61.6 Å². The molecule has 2 aliphatic heterocycles. The summed E-state index contributed by atoms with van der Waals surface area (Å²) < 4.78 is 46.0. The molecule has 2 heterocycles. The van der Waals surface area contributed by atoms with Gasteiger partial charge in [0.15, 0.2) is 11.5 Å². The van der Waals surface area contributed by atoms with E-state index >= 15 is 0 Å². The lowest BCUT2D eigenvalue weighted by atomic mass is 9.90. The van der Waals surface area contributed by atoms with E-state index in [0.29, 0.717) is 19.6 Å². The van der Waals surface area contributed by atoms with Crippen LogP contribution in [0.25, 0.3) is 0 Å². The highest BCUT2D eigenvalue weighted by atomic mass is 31.2. The minimum Gasteiger partial charge on any atom is -0.486 e. The van der Waals surface area contributed by atoms with Gasteiger partial charge in [-0.1, -0.05) is 31.2 Å². The van der Waals surface area contributed by atoms with E-state index in [1.54, 1.807) is 13.8 Å². The maximum absolute atomic E-state index is 12.7. The quantitative estimate of drug-likeness (QED) is 0.405. The highest BCUT2D eigenvalue weighted by Crippen LogP contribution is 2.50. The summed E-state index contributed by atoms with van der Waals surface area (Å²) in [5.41, 5.74) is 4.35. The predicted octanol–water partition coefficient (Wildman–Crippen LogP) is 4.36. The van der Waals surface area contributed by atoms with E-state index in [9.17, 15) is 14.8 Å². The van der Waals surface area contributed by atoms with E-state index in [-0.39, 0.29) is 26.2 Å². The summed E-state index contributed by atoms with van der Waals surface area (Å²) in [4.78, 5) is 0. The molecule has 0 radical (unpaired) electrons. The van der Waals surface area contributed by atoms with Crippen LogP contribution in [-0.2, 0) is 35.7 Å². The summed E-state index contributed by atoms with van der Waals surface area (Å²) >= 11 is 0. The molecule has 2 aromatic carbocycles. The van der Waals surface area contributed by atoms with Gasteiger partial charge >= 0.3 is 7.82 Å². The van der Waals surface area contributed by atoms with Gasteiger partial charge in [-0.25, -0.2) is 4.57 Å². The van der Waals surface area contributed by atoms with Crippen molar-refractivity contribution < 1.29 is 42.6 Å². The Morgan fingerprint density at radius 3 is 2.35 bits per heavy atom. The molecule has 0 bridgehead atoms. The number of aryl methyl sites for hydroxylation is 1. The summed E-state index contributed by atoms with van der Waals surface area (Å²) in [5.74, 6) is 1.51. The SMILES string of the molecule is CCOP(=O)(OCC)OC[C@H]1O[C@@H](c2ccc(CC)c(Cc3ccc4c(c3)OCCO4)c2)C[C@@H](O)[C@@H]1O. The fourth-order valence-corrected chi connectivity index (χ4v) is 5.86. The first-order chi connectivity index (χ1) is 17.9. The third-order valence-electron chi connectivity index (χ3n) is 6.53. The van der Waals surface area contributed by atoms with Crippen LogP contribution >= 0.6 is 7.82 Å². The molecule has 0 aromatic heterocycles. The Hall–Kier alpha value is -1.97. The number of ether oxygens (including phenoxy) is 3. The van der Waals surface area contributed by atoms with Crippen LogP contribution in [0.15, 0.2) is 36.4 Å². The van der Waals surface area contributed by atoms with E-state index in [0.717, 1.165) is 34.6 Å². The molecule has 4 atom stereocenters. The Kier molecular flexibility index (Phi) is 9.64. The molecule has 2 aromatic rings. The second-order valence-electron chi connectivity index (χ2n) is 9.07. The van der Waals surface area contributed by atoms with Gasteiger partial charge in [0, 0.05) is 6.42 Å². The van der Waals surface area contributed by atoms with Gasteiger partial charge in [-0.2, -0.15) is 0 Å². The van der Waals surface area contributed by atoms with Gasteiger partial charge in [-0.15, -0.1) is 0 Å². The summed E-state index contributed by atoms with van der Waals surface area (Å²) in [5, 5.41) is 21.1. The number of aliphatic hydroxyl groups is 2. The number of hydrogen-bond donors (Lipinski definition) is 2. The Labute approximate surface area is 218 Å². The Bertz CT molecular complexity index is 1080. The largest absolute Gasteiger partial charge is 0.486 e. The average molecular weight is 537 g/mol. The number of rotatable bonds is 11. The third-order valence-corrected chi connectivity index (χ3v) is 8.14. The van der Waals surface area contributed by atoms with Crippen molar-refractivity contribution in [3.05, 3.63) is 58.7 Å². The molecule has 0 unspecified atom stereocenters. The standard InChI is InChI=1S/C27H37O9P/c1-4-19-8-9-20(15-21(19)13-18-7-10-23-25(14-18)32-12-11-31-23)24-16-22(28)27(29)26(36-24)17-35-37(30,33-5-2)34-6-3/h7-10,14-15,22,24,26-29H,4-6,11-13,16-17H2,1-3H3/t22-,24-,26-,27+/m1/s1. The zero-order valence-corrected chi connectivity index (χ0v) is 22.5. The summed E-state index contributed by atoms with van der Waals surface area (Å²) in [6.07, 6.45) is -1.82. The first-order valence-corrected chi connectivity index (χ1v) is 14.4. The first-order valence-electron chi connectivity index (χ1n) is 12.9. The minimum atomic E-state index is -3.78. The van der Waals surface area contributed by atoms with E-state index in [1.165, 1.54) is 5.56 Å². The Morgan fingerprint density at radius 2 is 1.65 bits per heavy atom. The van der Waals surface area contributed by atoms with Crippen molar-refractivity contribution in [2.45, 2.75) is 64.4 Å². The Balaban J connectivity index is 1.51. The van der Waals surface area contributed by atoms with Crippen LogP contribution in [0.2, 0.25) is 0 Å². The van der Waals surface area contributed by atoms with E-state index in [1.807, 2.05) is 24.3 Å². The Morgan fingerprint density at radius 1 is 0.919 bits per heavy atom. The second-order valence-corrected chi connectivity index (χ2v) is 10.7. The normalized spacial score (nSPS) is 23.7. The van der Waals surface area contributed by atoms with Crippen molar-refractivity contribution >= 4 is 7.82 Å². The molecule has 2 aliphatic rings. The number of phosphoric acid groups is 1. The molecule has 0 spiro atoms. The lowest BCUT2D eigenvalue weighted by molar-refractivity contribution is -0.180. The van der Waals surface area contributed by atoms with Crippen LogP contribution in [0, 0.1) is 0 Å². The smallest absolute Gasteiger partial charge is 0.474 e. The zero-order valence-electron chi connectivity index (χ0n) is 21.6. The van der Waals surface area contributed by atoms with Crippen molar-refractivity contribution in [2.75, 3.05) is 33.0 Å². The van der Waals surface area contributed by atoms with E-state index < -0.39 is 32.2 Å². The molecule has 9 nitrogen and oxygen atoms in total. The molecule has 0 aliphatic carbocycles. The fraction of sp³-hybridized carbons (Fsp3) is 0.556. The van der Waals surface area contributed by atoms with Crippen molar-refractivity contribution in [1.82, 2.24) is 0 Å². The van der Waals surface area contributed by atoms with Gasteiger partial charge in [0.25, 0.3) is 0 Å². The van der Waals surface area contributed by atoms with Gasteiger partial charge in [0.1, 0.15) is 25.4 Å². The van der Waals surface area contributed by atoms with Crippen LogP contribution in [0.4, 0.5) is 0 Å². The van der Waals surface area contributed by atoms with Gasteiger partial charge in [0.05, 0.1) is 32.0 Å². The first kappa shape index (κ1) is 28.0. The highest BCUT2D eigenvalue weighted by molar-refractivity contribution is 7.48. The number of aliphatic hydroxyl groups excluding tert-OH is 2. The van der Waals surface area contributed by atoms with E-state index in [4.69, 9.17) is 27.8 Å². The van der Waals surface area contributed by atoms with Crippen LogP contribution < -0.4 is 9.47 Å². The summed E-state index contributed by atoms with van der Waals surface area (Å²) in [6.45, 7) is 6.61. The molecule has 2 N–H and O–H groups in total. The summed E-state index contributed by atoms with van der Waals surface area (Å²) in [7, 11) is -3.78. The van der Waals surface area contributed by atoms with Gasteiger partial charge in [0.2, 0.25) is 0 Å². The van der Waals surface area contributed by atoms with Gasteiger partial charge < -0.3 is 24.4 Å². The minimum absolute atomic E-state index is 0.145. The molecule has 37 heavy (non-hydrogen) atoms. The molecular weight excluding hydrogens is 499 g/mol. The lowest BCUT2D eigenvalue weighted by Crippen LogP contribution is -2.47. The summed E-state index contributed by atoms with van der Waals surface area (Å²) in [6, 6.07) is 12.2. The van der Waals surface area contributed by atoms with E-state index in [2.05, 4.69) is 19.1 Å². The molecular formula is C27H37O9P. The van der Waals surface area contributed by atoms with Crippen molar-refractivity contribution in [1.29, 1.82) is 0 Å². The van der Waals surface area contributed by atoms with Crippen molar-refractivity contribution in [3.63, 3.8) is 0 Å². The molecule has 4 rings (SSSR count). The molecule has 0 amide bonds. The zero-order chi connectivity index (χ0) is 26.4. The maximum atomic E-state index is 12.7. The van der Waals surface area contributed by atoms with Crippen LogP contribution in [0.1, 0.15) is 55.5 Å². The maximum Gasteiger partial charge on any atom is 0.474 e. The number of phosphoric ester groups is 1. The molecule has 10 heteroatoms. The molecule has 1 fully saturated rings. The van der Waals surface area contributed by atoms with Crippen molar-refractivity contribution in [2.24, 2.45) is 0 Å². The van der Waals surface area contributed by atoms with Gasteiger partial charge in [-0.05, 0) is 61.1 Å². The predicted molar refractivity (Wildman–Crippen MR) is 137 cm³/mol. The third kappa shape index (κ3) is 6.92. The lowest BCUT2D eigenvalue weighted by Gasteiger charge is -2.37. The topological polar surface area (TPSA) is 113 Å². The number of hydrogen-bond acceptors (Lipinski definition) is 9. The number of benzene rings is 2. The molecule has 0 saturated carbocycles. The van der Waals surface area contributed by atoms with Crippen molar-refractivity contribution in [3.8, 4) is 11.5 Å². The average Bonchev–Trinajstić information content (AvgIpc) is 2.89. The second kappa shape index (κ2) is 12.7. The fourth-order valence-electron chi connectivity index (χ4n) is 4.67. The highest BCUT2D eigenvalue weighted by Gasteiger charge is 2.39. The van der Waals surface area contributed by atoms with Gasteiger partial charge in [-0.3, -0.25) is 13.6 Å². The molecule has 1 saturated heterocycles. The van der Waals surface area contributed by atoms with Crippen LogP contribution in [0.3, 0.4) is 0 Å². The monoisotopic (exact) mass is 536 g/mol. The molecule has 204 valence electrons. The number of fused-ring (bicyclic) bond motifs is 1.